The maximum Gasteiger partial charge on any atom is 0.471 e. The Hall–Kier alpha value is -2.71. The number of allylic oxidation sites excluding steroid dienone is 1. The SMILES string of the molecule is C=C(C/C(C)=C\c1nc(S(C)(=O)=O)ccc1NC(=O)C(F)(F)F)[C@](O)(CC(C)(C)c1cccc(Br)c1)C(F)(F)F. The van der Waals surface area contributed by atoms with Crippen LogP contribution >= 0.6 is 15.9 Å². The molecular weight excluding hydrogens is 630 g/mol. The zero-order valence-corrected chi connectivity index (χ0v) is 24.2. The molecule has 0 aliphatic rings. The number of hydrogen-bond acceptors (Lipinski definition) is 5. The van der Waals surface area contributed by atoms with Gasteiger partial charge in [0.1, 0.15) is 0 Å². The zero-order chi connectivity index (χ0) is 30.9. The quantitative estimate of drug-likeness (QED) is 0.230. The lowest BCUT2D eigenvalue weighted by atomic mass is 9.72. The molecule has 6 nitrogen and oxygen atoms in total. The molecule has 220 valence electrons. The summed E-state index contributed by atoms with van der Waals surface area (Å²) in [5.74, 6) is -2.36. The molecule has 2 aromatic rings. The standard InChI is InChI=1S/C26H27BrF6N2O4S/c1-15(12-20-19(35-22(36)25(28,29)30)9-10-21(34-20)40(5,38)39)11-16(2)24(37,26(31,32)33)14-23(3,4)17-7-6-8-18(27)13-17/h6-10,12-13,37H,2,11,14H2,1,3-5H3,(H,35,36)/b15-12-/t24-/m1/s1. The van der Waals surface area contributed by atoms with Gasteiger partial charge < -0.3 is 10.4 Å². The minimum absolute atomic E-state index is 0.0357. The summed E-state index contributed by atoms with van der Waals surface area (Å²) in [6, 6.07) is 8.34. The minimum Gasteiger partial charge on any atom is -0.376 e. The second kappa shape index (κ2) is 11.6. The molecule has 40 heavy (non-hydrogen) atoms. The van der Waals surface area contributed by atoms with Crippen molar-refractivity contribution in [1.29, 1.82) is 0 Å². The zero-order valence-electron chi connectivity index (χ0n) is 21.8. The molecule has 0 fully saturated rings. The molecule has 1 atom stereocenters. The molecule has 1 amide bonds. The van der Waals surface area contributed by atoms with Gasteiger partial charge in [-0.3, -0.25) is 4.79 Å². The second-order valence-electron chi connectivity index (χ2n) is 10.0. The van der Waals surface area contributed by atoms with Crippen molar-refractivity contribution in [3.8, 4) is 0 Å². The number of aromatic nitrogens is 1. The van der Waals surface area contributed by atoms with Gasteiger partial charge >= 0.3 is 18.3 Å². The van der Waals surface area contributed by atoms with E-state index in [0.29, 0.717) is 10.0 Å². The van der Waals surface area contributed by atoms with Gasteiger partial charge in [-0.05, 0) is 66.7 Å². The predicted molar refractivity (Wildman–Crippen MR) is 142 cm³/mol. The molecule has 0 radical (unpaired) electrons. The van der Waals surface area contributed by atoms with Gasteiger partial charge in [-0.1, -0.05) is 54.1 Å². The Morgan fingerprint density at radius 1 is 1.12 bits per heavy atom. The van der Waals surface area contributed by atoms with Crippen molar-refractivity contribution < 1.29 is 44.7 Å². The van der Waals surface area contributed by atoms with E-state index in [-0.39, 0.29) is 5.57 Å². The van der Waals surface area contributed by atoms with Gasteiger partial charge in [-0.25, -0.2) is 13.4 Å². The number of carbonyl (C=O) groups excluding carboxylic acids is 1. The lowest BCUT2D eigenvalue weighted by Gasteiger charge is -2.39. The topological polar surface area (TPSA) is 96.4 Å². The molecule has 0 aliphatic carbocycles. The molecule has 0 spiro atoms. The number of anilines is 1. The van der Waals surface area contributed by atoms with E-state index in [1.807, 2.05) is 0 Å². The summed E-state index contributed by atoms with van der Waals surface area (Å²) in [5, 5.41) is 12.0. The summed E-state index contributed by atoms with van der Waals surface area (Å²) in [6.45, 7) is 7.82. The van der Waals surface area contributed by atoms with Gasteiger partial charge in [0.25, 0.3) is 0 Å². The maximum absolute atomic E-state index is 14.3. The van der Waals surface area contributed by atoms with Crippen molar-refractivity contribution in [1.82, 2.24) is 4.98 Å². The Balaban J connectivity index is 2.50. The highest BCUT2D eigenvalue weighted by Crippen LogP contribution is 2.46. The molecule has 1 aromatic heterocycles. The molecule has 1 aromatic carbocycles. The third kappa shape index (κ3) is 8.16. The summed E-state index contributed by atoms with van der Waals surface area (Å²) >= 11 is 3.27. The number of benzene rings is 1. The molecule has 1 heterocycles. The van der Waals surface area contributed by atoms with Gasteiger partial charge in [-0.15, -0.1) is 0 Å². The van der Waals surface area contributed by atoms with Crippen molar-refractivity contribution >= 4 is 43.4 Å². The Bertz CT molecular complexity index is 1440. The van der Waals surface area contributed by atoms with Crippen LogP contribution in [0.25, 0.3) is 6.08 Å². The number of aliphatic hydroxyl groups is 1. The fourth-order valence-electron chi connectivity index (χ4n) is 3.92. The Labute approximate surface area is 236 Å². The number of sulfone groups is 1. The van der Waals surface area contributed by atoms with Crippen LogP contribution in [0.3, 0.4) is 0 Å². The Morgan fingerprint density at radius 3 is 2.23 bits per heavy atom. The van der Waals surface area contributed by atoms with Crippen LogP contribution in [-0.2, 0) is 20.0 Å². The summed E-state index contributed by atoms with van der Waals surface area (Å²) < 4.78 is 106. The molecule has 0 aliphatic heterocycles. The summed E-state index contributed by atoms with van der Waals surface area (Å²) in [5.41, 5.74) is -5.64. The van der Waals surface area contributed by atoms with Crippen molar-refractivity contribution in [3.05, 3.63) is 69.9 Å². The van der Waals surface area contributed by atoms with E-state index in [0.717, 1.165) is 24.5 Å². The lowest BCUT2D eigenvalue weighted by Crippen LogP contribution is -2.50. The Kier molecular flexibility index (Phi) is 9.75. The molecular formula is C26H27BrF6N2O4S. The van der Waals surface area contributed by atoms with Crippen molar-refractivity contribution in [2.75, 3.05) is 11.6 Å². The molecule has 2 rings (SSSR count). The first kappa shape index (κ1) is 33.5. The normalized spacial score (nSPS) is 14.9. The molecule has 0 unspecified atom stereocenters. The third-order valence-corrected chi connectivity index (χ3v) is 7.50. The number of nitrogens with one attached hydrogen (secondary N) is 1. The average molecular weight is 657 g/mol. The predicted octanol–water partition coefficient (Wildman–Crippen LogP) is 6.76. The van der Waals surface area contributed by atoms with Gasteiger partial charge in [0.2, 0.25) is 0 Å². The fourth-order valence-corrected chi connectivity index (χ4v) is 4.89. The monoisotopic (exact) mass is 656 g/mol. The van der Waals surface area contributed by atoms with E-state index in [4.69, 9.17) is 0 Å². The molecule has 0 bridgehead atoms. The van der Waals surface area contributed by atoms with E-state index in [9.17, 15) is 44.7 Å². The highest BCUT2D eigenvalue weighted by molar-refractivity contribution is 9.10. The number of halogens is 7. The fraction of sp³-hybridized carbons (Fsp3) is 0.385. The second-order valence-corrected chi connectivity index (χ2v) is 12.9. The number of rotatable bonds is 9. The van der Waals surface area contributed by atoms with E-state index in [2.05, 4.69) is 27.5 Å². The van der Waals surface area contributed by atoms with Gasteiger partial charge in [0.05, 0.1) is 11.4 Å². The minimum atomic E-state index is -5.27. The lowest BCUT2D eigenvalue weighted by molar-refractivity contribution is -0.250. The first-order valence-corrected chi connectivity index (χ1v) is 14.2. The van der Waals surface area contributed by atoms with Crippen LogP contribution in [0.2, 0.25) is 0 Å². The van der Waals surface area contributed by atoms with E-state index in [1.165, 1.54) is 20.8 Å². The number of alkyl halides is 6. The highest BCUT2D eigenvalue weighted by Gasteiger charge is 2.57. The molecule has 0 saturated carbocycles. The summed E-state index contributed by atoms with van der Waals surface area (Å²) in [6.07, 6.45) is -10.00. The smallest absolute Gasteiger partial charge is 0.376 e. The summed E-state index contributed by atoms with van der Waals surface area (Å²) in [7, 11) is -3.94. The van der Waals surface area contributed by atoms with Crippen LogP contribution in [0.4, 0.5) is 32.0 Å². The van der Waals surface area contributed by atoms with Crippen molar-refractivity contribution in [2.45, 2.75) is 62.0 Å². The molecule has 0 saturated heterocycles. The number of carbonyl (C=O) groups is 1. The first-order chi connectivity index (χ1) is 18.0. The van der Waals surface area contributed by atoms with Gasteiger partial charge in [0.15, 0.2) is 20.5 Å². The van der Waals surface area contributed by atoms with E-state index < -0.39 is 73.9 Å². The van der Waals surface area contributed by atoms with E-state index >= 15 is 0 Å². The van der Waals surface area contributed by atoms with Crippen LogP contribution in [0.5, 0.6) is 0 Å². The highest BCUT2D eigenvalue weighted by atomic mass is 79.9. The summed E-state index contributed by atoms with van der Waals surface area (Å²) in [4.78, 5) is 15.2. The van der Waals surface area contributed by atoms with Crippen LogP contribution in [0.15, 0.2) is 63.6 Å². The number of nitrogens with zero attached hydrogens (tertiary/aromatic N) is 1. The van der Waals surface area contributed by atoms with Crippen molar-refractivity contribution in [2.24, 2.45) is 0 Å². The van der Waals surface area contributed by atoms with Crippen molar-refractivity contribution in [3.63, 3.8) is 0 Å². The van der Waals surface area contributed by atoms with Crippen LogP contribution < -0.4 is 5.32 Å². The van der Waals surface area contributed by atoms with Crippen LogP contribution in [0.1, 0.15) is 44.9 Å². The third-order valence-electron chi connectivity index (χ3n) is 6.02. The molecule has 2 N–H and O–H groups in total. The largest absolute Gasteiger partial charge is 0.471 e. The average Bonchev–Trinajstić information content (AvgIpc) is 2.77. The number of hydrogen-bond donors (Lipinski definition) is 2. The Morgan fingerprint density at radius 2 is 1.73 bits per heavy atom. The van der Waals surface area contributed by atoms with E-state index in [1.54, 1.807) is 29.6 Å². The number of amides is 1. The van der Waals surface area contributed by atoms with Crippen LogP contribution in [-0.4, -0.2) is 48.6 Å². The van der Waals surface area contributed by atoms with Crippen LogP contribution in [0, 0.1) is 0 Å². The molecule has 14 heteroatoms. The van der Waals surface area contributed by atoms with Gasteiger partial charge in [0, 0.05) is 10.7 Å². The van der Waals surface area contributed by atoms with Gasteiger partial charge in [-0.2, -0.15) is 26.3 Å². The first-order valence-electron chi connectivity index (χ1n) is 11.5. The number of pyridine rings is 1. The maximum atomic E-state index is 14.3.